The first-order valence-corrected chi connectivity index (χ1v) is 8.24. The van der Waals surface area contributed by atoms with Crippen LogP contribution < -0.4 is 16.2 Å². The molecular formula is C19H21N3O. The van der Waals surface area contributed by atoms with Crippen LogP contribution >= 0.6 is 0 Å². The highest BCUT2D eigenvalue weighted by atomic mass is 16.2. The van der Waals surface area contributed by atoms with E-state index >= 15 is 0 Å². The lowest BCUT2D eigenvalue weighted by Crippen LogP contribution is -2.36. The van der Waals surface area contributed by atoms with Gasteiger partial charge in [-0.25, -0.2) is 5.43 Å². The molecule has 4 nitrogen and oxygen atoms in total. The van der Waals surface area contributed by atoms with Crippen LogP contribution in [0.25, 0.3) is 0 Å². The second-order valence-corrected chi connectivity index (χ2v) is 6.32. The minimum Gasteiger partial charge on any atom is -0.349 e. The Morgan fingerprint density at radius 2 is 1.83 bits per heavy atom. The van der Waals surface area contributed by atoms with E-state index in [1.165, 1.54) is 11.1 Å². The monoisotopic (exact) mass is 307 g/mol. The molecule has 0 bridgehead atoms. The number of amides is 1. The molecule has 3 unspecified atom stereocenters. The van der Waals surface area contributed by atoms with E-state index in [9.17, 15) is 4.79 Å². The summed E-state index contributed by atoms with van der Waals surface area (Å²) in [5.74, 6) is 0.0308. The lowest BCUT2D eigenvalue weighted by atomic mass is 9.93. The van der Waals surface area contributed by atoms with Crippen LogP contribution in [0, 0.1) is 5.92 Å². The van der Waals surface area contributed by atoms with Crippen LogP contribution in [0.5, 0.6) is 0 Å². The third-order valence-electron chi connectivity index (χ3n) is 4.93. The molecule has 3 N–H and O–H groups in total. The Balaban J connectivity index is 1.49. The van der Waals surface area contributed by atoms with Crippen LogP contribution in [0.1, 0.15) is 35.2 Å². The van der Waals surface area contributed by atoms with Crippen molar-refractivity contribution in [2.45, 2.75) is 24.9 Å². The first kappa shape index (κ1) is 14.4. The summed E-state index contributed by atoms with van der Waals surface area (Å²) in [4.78, 5) is 12.8. The van der Waals surface area contributed by atoms with Gasteiger partial charge in [-0.15, -0.1) is 0 Å². The van der Waals surface area contributed by atoms with Gasteiger partial charge in [0.15, 0.2) is 0 Å². The van der Waals surface area contributed by atoms with Gasteiger partial charge in [0.25, 0.3) is 0 Å². The summed E-state index contributed by atoms with van der Waals surface area (Å²) < 4.78 is 0. The summed E-state index contributed by atoms with van der Waals surface area (Å²) in [6.45, 7) is 0.653. The highest BCUT2D eigenvalue weighted by molar-refractivity contribution is 5.81. The molecule has 1 aliphatic heterocycles. The van der Waals surface area contributed by atoms with E-state index in [2.05, 4.69) is 52.6 Å². The number of fused-ring (bicyclic) bond motifs is 1. The molecule has 1 heterocycles. The van der Waals surface area contributed by atoms with Gasteiger partial charge in [-0.05, 0) is 29.5 Å². The van der Waals surface area contributed by atoms with Crippen LogP contribution in [0.3, 0.4) is 0 Å². The maximum Gasteiger partial charge on any atom is 0.226 e. The SMILES string of the molecule is O=C(NC1CCc2ccccc21)C1CNNC1c1ccccc1. The third kappa shape index (κ3) is 2.76. The fourth-order valence-corrected chi connectivity index (χ4v) is 3.70. The summed E-state index contributed by atoms with van der Waals surface area (Å²) in [6, 6.07) is 18.7. The molecule has 0 radical (unpaired) electrons. The maximum absolute atomic E-state index is 12.8. The van der Waals surface area contributed by atoms with Crippen LogP contribution in [0.2, 0.25) is 0 Å². The quantitative estimate of drug-likeness (QED) is 0.815. The highest BCUT2D eigenvalue weighted by Crippen LogP contribution is 2.32. The Bertz CT molecular complexity index is 701. The van der Waals surface area contributed by atoms with E-state index in [4.69, 9.17) is 0 Å². The Morgan fingerprint density at radius 1 is 1.04 bits per heavy atom. The summed E-state index contributed by atoms with van der Waals surface area (Å²) in [7, 11) is 0. The molecule has 2 aromatic carbocycles. The third-order valence-corrected chi connectivity index (χ3v) is 4.93. The number of nitrogens with one attached hydrogen (secondary N) is 3. The van der Waals surface area contributed by atoms with Crippen molar-refractivity contribution in [1.82, 2.24) is 16.2 Å². The Kier molecular flexibility index (Phi) is 3.85. The minimum atomic E-state index is -0.0924. The van der Waals surface area contributed by atoms with Crippen molar-refractivity contribution in [2.24, 2.45) is 5.92 Å². The second-order valence-electron chi connectivity index (χ2n) is 6.32. The molecule has 1 saturated heterocycles. The number of hydrogen-bond donors (Lipinski definition) is 3. The second kappa shape index (κ2) is 6.14. The zero-order valence-corrected chi connectivity index (χ0v) is 13.0. The largest absolute Gasteiger partial charge is 0.349 e. The van der Waals surface area contributed by atoms with E-state index in [0.717, 1.165) is 18.4 Å². The van der Waals surface area contributed by atoms with Crippen LogP contribution in [-0.4, -0.2) is 12.5 Å². The normalized spacial score (nSPS) is 26.0. The Hall–Kier alpha value is -2.17. The van der Waals surface area contributed by atoms with Gasteiger partial charge >= 0.3 is 0 Å². The van der Waals surface area contributed by atoms with Crippen molar-refractivity contribution in [3.8, 4) is 0 Å². The van der Waals surface area contributed by atoms with E-state index < -0.39 is 0 Å². The Labute approximate surface area is 136 Å². The highest BCUT2D eigenvalue weighted by Gasteiger charge is 2.35. The summed E-state index contributed by atoms with van der Waals surface area (Å²) in [5.41, 5.74) is 10.2. The van der Waals surface area contributed by atoms with Crippen molar-refractivity contribution < 1.29 is 4.79 Å². The van der Waals surface area contributed by atoms with Gasteiger partial charge in [-0.2, -0.15) is 0 Å². The average molecular weight is 307 g/mol. The maximum atomic E-state index is 12.8. The molecule has 0 aromatic heterocycles. The average Bonchev–Trinajstić information content (AvgIpc) is 3.23. The van der Waals surface area contributed by atoms with Crippen molar-refractivity contribution in [2.75, 3.05) is 6.54 Å². The molecular weight excluding hydrogens is 286 g/mol. The van der Waals surface area contributed by atoms with Gasteiger partial charge in [0.2, 0.25) is 5.91 Å². The molecule has 0 saturated carbocycles. The van der Waals surface area contributed by atoms with Crippen molar-refractivity contribution >= 4 is 5.91 Å². The lowest BCUT2D eigenvalue weighted by Gasteiger charge is -2.21. The Morgan fingerprint density at radius 3 is 2.70 bits per heavy atom. The van der Waals surface area contributed by atoms with Crippen LogP contribution in [0.4, 0.5) is 0 Å². The van der Waals surface area contributed by atoms with Crippen LogP contribution in [-0.2, 0) is 11.2 Å². The predicted octanol–water partition coefficient (Wildman–Crippen LogP) is 2.26. The lowest BCUT2D eigenvalue weighted by molar-refractivity contribution is -0.125. The van der Waals surface area contributed by atoms with Gasteiger partial charge < -0.3 is 5.32 Å². The predicted molar refractivity (Wildman–Crippen MR) is 89.5 cm³/mol. The number of hydrazine groups is 1. The molecule has 0 spiro atoms. The van der Waals surface area contributed by atoms with E-state index in [0.29, 0.717) is 6.54 Å². The number of hydrogen-bond acceptors (Lipinski definition) is 3. The van der Waals surface area contributed by atoms with Gasteiger partial charge in [-0.3, -0.25) is 10.2 Å². The zero-order valence-electron chi connectivity index (χ0n) is 13.0. The fraction of sp³-hybridized carbons (Fsp3) is 0.316. The van der Waals surface area contributed by atoms with E-state index in [-0.39, 0.29) is 23.9 Å². The van der Waals surface area contributed by atoms with Gasteiger partial charge in [0.1, 0.15) is 0 Å². The standard InChI is InChI=1S/C19H21N3O/c23-19(21-17-11-10-13-6-4-5-9-15(13)17)16-12-20-22-18(16)14-7-2-1-3-8-14/h1-9,16-18,20,22H,10-12H2,(H,21,23). The van der Waals surface area contributed by atoms with Crippen molar-refractivity contribution in [3.63, 3.8) is 0 Å². The summed E-state index contributed by atoms with van der Waals surface area (Å²) in [6.07, 6.45) is 2.04. The molecule has 2 aromatic rings. The van der Waals surface area contributed by atoms with E-state index in [1.807, 2.05) is 18.2 Å². The smallest absolute Gasteiger partial charge is 0.226 e. The number of carbonyl (C=O) groups is 1. The van der Waals surface area contributed by atoms with Crippen LogP contribution in [0.15, 0.2) is 54.6 Å². The molecule has 1 aliphatic carbocycles. The number of carbonyl (C=O) groups excluding carboxylic acids is 1. The van der Waals surface area contributed by atoms with Gasteiger partial charge in [0, 0.05) is 6.54 Å². The molecule has 118 valence electrons. The van der Waals surface area contributed by atoms with Crippen molar-refractivity contribution in [3.05, 3.63) is 71.3 Å². The van der Waals surface area contributed by atoms with Gasteiger partial charge in [0.05, 0.1) is 18.0 Å². The molecule has 3 atom stereocenters. The number of aryl methyl sites for hydroxylation is 1. The molecule has 2 aliphatic rings. The van der Waals surface area contributed by atoms with Gasteiger partial charge in [-0.1, -0.05) is 54.6 Å². The molecule has 1 amide bonds. The molecule has 1 fully saturated rings. The molecule has 23 heavy (non-hydrogen) atoms. The first-order chi connectivity index (χ1) is 11.3. The number of benzene rings is 2. The summed E-state index contributed by atoms with van der Waals surface area (Å²) >= 11 is 0. The first-order valence-electron chi connectivity index (χ1n) is 8.24. The summed E-state index contributed by atoms with van der Waals surface area (Å²) in [5, 5.41) is 3.26. The zero-order chi connectivity index (χ0) is 15.6. The topological polar surface area (TPSA) is 53.2 Å². The fourth-order valence-electron chi connectivity index (χ4n) is 3.70. The molecule has 4 heteroatoms. The van der Waals surface area contributed by atoms with E-state index in [1.54, 1.807) is 0 Å². The minimum absolute atomic E-state index is 0.0212. The van der Waals surface area contributed by atoms with Crippen molar-refractivity contribution in [1.29, 1.82) is 0 Å². The molecule has 4 rings (SSSR count). The number of rotatable bonds is 3.